The van der Waals surface area contributed by atoms with Crippen LogP contribution in [0.15, 0.2) is 6.20 Å². The van der Waals surface area contributed by atoms with E-state index in [9.17, 15) is 8.78 Å². The summed E-state index contributed by atoms with van der Waals surface area (Å²) in [6.45, 7) is 4.80. The standard InChI is InChI=1S/C8H11F2NS/c1-5(2)6-4-11-7(12-6)8(3,9)10/h4-5H,1-3H3. The van der Waals surface area contributed by atoms with E-state index in [1.54, 1.807) is 0 Å². The zero-order chi connectivity index (χ0) is 9.35. The zero-order valence-electron chi connectivity index (χ0n) is 7.27. The first-order chi connectivity index (χ1) is 5.41. The zero-order valence-corrected chi connectivity index (χ0v) is 8.08. The van der Waals surface area contributed by atoms with Crippen LogP contribution in [0.3, 0.4) is 0 Å². The normalized spacial score (nSPS) is 12.5. The van der Waals surface area contributed by atoms with Crippen molar-refractivity contribution in [2.45, 2.75) is 32.6 Å². The SMILES string of the molecule is CC(C)c1cnc(C(C)(F)F)s1. The maximum absolute atomic E-state index is 12.7. The highest BCUT2D eigenvalue weighted by molar-refractivity contribution is 7.11. The molecule has 0 aliphatic carbocycles. The Labute approximate surface area is 74.4 Å². The lowest BCUT2D eigenvalue weighted by Crippen LogP contribution is -2.05. The van der Waals surface area contributed by atoms with Crippen LogP contribution < -0.4 is 0 Å². The second-order valence-electron chi connectivity index (χ2n) is 3.11. The van der Waals surface area contributed by atoms with Crippen LogP contribution in [0.1, 0.15) is 36.6 Å². The smallest absolute Gasteiger partial charge is 0.243 e. The fourth-order valence-corrected chi connectivity index (χ4v) is 1.61. The largest absolute Gasteiger partial charge is 0.296 e. The average molecular weight is 191 g/mol. The van der Waals surface area contributed by atoms with Crippen LogP contribution in [-0.2, 0) is 5.92 Å². The van der Waals surface area contributed by atoms with Crippen molar-refractivity contribution in [3.63, 3.8) is 0 Å². The third kappa shape index (κ3) is 2.00. The maximum atomic E-state index is 12.7. The predicted molar refractivity (Wildman–Crippen MR) is 45.8 cm³/mol. The molecule has 0 saturated carbocycles. The van der Waals surface area contributed by atoms with E-state index in [0.29, 0.717) is 0 Å². The molecule has 1 aromatic rings. The molecule has 0 atom stereocenters. The number of hydrogen-bond donors (Lipinski definition) is 0. The van der Waals surface area contributed by atoms with E-state index in [2.05, 4.69) is 4.98 Å². The molecule has 4 heteroatoms. The molecule has 0 aliphatic heterocycles. The van der Waals surface area contributed by atoms with E-state index < -0.39 is 5.92 Å². The lowest BCUT2D eigenvalue weighted by atomic mass is 10.2. The van der Waals surface area contributed by atoms with Crippen LogP contribution in [0.5, 0.6) is 0 Å². The van der Waals surface area contributed by atoms with Crippen molar-refractivity contribution in [1.29, 1.82) is 0 Å². The molecular formula is C8H11F2NS. The Bertz CT molecular complexity index is 262. The second-order valence-corrected chi connectivity index (χ2v) is 4.17. The molecule has 1 aromatic heterocycles. The van der Waals surface area contributed by atoms with Gasteiger partial charge in [-0.3, -0.25) is 0 Å². The Balaban J connectivity index is 2.92. The second kappa shape index (κ2) is 3.09. The van der Waals surface area contributed by atoms with E-state index in [-0.39, 0.29) is 10.9 Å². The fourth-order valence-electron chi connectivity index (χ4n) is 0.756. The highest BCUT2D eigenvalue weighted by atomic mass is 32.1. The van der Waals surface area contributed by atoms with Gasteiger partial charge in [0.2, 0.25) is 0 Å². The lowest BCUT2D eigenvalue weighted by molar-refractivity contribution is 0.0172. The van der Waals surface area contributed by atoms with Gasteiger partial charge in [0.15, 0.2) is 5.01 Å². The minimum absolute atomic E-state index is 0.0915. The third-order valence-electron chi connectivity index (χ3n) is 1.47. The van der Waals surface area contributed by atoms with E-state index >= 15 is 0 Å². The summed E-state index contributed by atoms with van der Waals surface area (Å²) in [7, 11) is 0. The summed E-state index contributed by atoms with van der Waals surface area (Å²) in [6.07, 6.45) is 1.53. The molecule has 0 spiro atoms. The Morgan fingerprint density at radius 3 is 2.33 bits per heavy atom. The molecule has 1 heterocycles. The molecule has 0 saturated heterocycles. The van der Waals surface area contributed by atoms with Crippen LogP contribution in [0.2, 0.25) is 0 Å². The summed E-state index contributed by atoms with van der Waals surface area (Å²) < 4.78 is 25.4. The predicted octanol–water partition coefficient (Wildman–Crippen LogP) is 3.38. The number of thiazole rings is 1. The van der Waals surface area contributed by atoms with E-state index in [1.165, 1.54) is 6.20 Å². The topological polar surface area (TPSA) is 12.9 Å². The van der Waals surface area contributed by atoms with Crippen LogP contribution in [0.4, 0.5) is 8.78 Å². The van der Waals surface area contributed by atoms with Gasteiger partial charge in [-0.25, -0.2) is 4.98 Å². The molecule has 0 bridgehead atoms. The number of nitrogens with zero attached hydrogens (tertiary/aromatic N) is 1. The number of rotatable bonds is 2. The maximum Gasteiger partial charge on any atom is 0.296 e. The summed E-state index contributed by atoms with van der Waals surface area (Å²) in [5.74, 6) is -2.52. The van der Waals surface area contributed by atoms with Gasteiger partial charge in [-0.05, 0) is 5.92 Å². The van der Waals surface area contributed by atoms with Gasteiger partial charge in [-0.1, -0.05) is 13.8 Å². The lowest BCUT2D eigenvalue weighted by Gasteiger charge is -2.04. The number of halogens is 2. The summed E-state index contributed by atoms with van der Waals surface area (Å²) in [5, 5.41) is -0.0915. The van der Waals surface area contributed by atoms with Crippen LogP contribution in [-0.4, -0.2) is 4.98 Å². The van der Waals surface area contributed by atoms with Gasteiger partial charge in [-0.2, -0.15) is 8.78 Å². The molecule has 0 unspecified atom stereocenters. The van der Waals surface area contributed by atoms with Crippen molar-refractivity contribution in [1.82, 2.24) is 4.98 Å². The molecule has 0 fully saturated rings. The molecule has 0 aromatic carbocycles. The van der Waals surface area contributed by atoms with Crippen LogP contribution in [0, 0.1) is 0 Å². The van der Waals surface area contributed by atoms with Gasteiger partial charge < -0.3 is 0 Å². The minimum Gasteiger partial charge on any atom is -0.243 e. The first-order valence-electron chi connectivity index (χ1n) is 3.75. The van der Waals surface area contributed by atoms with Gasteiger partial charge in [0.05, 0.1) is 0 Å². The third-order valence-corrected chi connectivity index (χ3v) is 2.94. The molecule has 0 N–H and O–H groups in total. The first-order valence-corrected chi connectivity index (χ1v) is 4.57. The Hall–Kier alpha value is -0.510. The summed E-state index contributed by atoms with van der Waals surface area (Å²) in [4.78, 5) is 4.59. The van der Waals surface area contributed by atoms with Gasteiger partial charge >= 0.3 is 0 Å². The van der Waals surface area contributed by atoms with Crippen molar-refractivity contribution < 1.29 is 8.78 Å². The fraction of sp³-hybridized carbons (Fsp3) is 0.625. The van der Waals surface area contributed by atoms with Crippen molar-refractivity contribution >= 4 is 11.3 Å². The highest BCUT2D eigenvalue weighted by Gasteiger charge is 2.28. The van der Waals surface area contributed by atoms with Crippen molar-refractivity contribution in [3.8, 4) is 0 Å². The van der Waals surface area contributed by atoms with E-state index in [4.69, 9.17) is 0 Å². The molecule has 12 heavy (non-hydrogen) atoms. The van der Waals surface area contributed by atoms with Crippen molar-refractivity contribution in [3.05, 3.63) is 16.1 Å². The monoisotopic (exact) mass is 191 g/mol. The summed E-state index contributed by atoms with van der Waals surface area (Å²) in [6, 6.07) is 0. The van der Waals surface area contributed by atoms with E-state index in [1.807, 2.05) is 13.8 Å². The van der Waals surface area contributed by atoms with Gasteiger partial charge in [0, 0.05) is 18.0 Å². The molecular weight excluding hydrogens is 180 g/mol. The van der Waals surface area contributed by atoms with Crippen molar-refractivity contribution in [2.75, 3.05) is 0 Å². The molecule has 68 valence electrons. The molecule has 0 amide bonds. The Morgan fingerprint density at radius 2 is 2.08 bits per heavy atom. The van der Waals surface area contributed by atoms with Gasteiger partial charge in [0.25, 0.3) is 5.92 Å². The summed E-state index contributed by atoms with van der Waals surface area (Å²) in [5.41, 5.74) is 0. The van der Waals surface area contributed by atoms with Crippen LogP contribution >= 0.6 is 11.3 Å². The average Bonchev–Trinajstić information content (AvgIpc) is 2.30. The molecule has 1 nitrogen and oxygen atoms in total. The number of aromatic nitrogens is 1. The molecule has 0 aliphatic rings. The minimum atomic E-state index is -2.79. The number of alkyl halides is 2. The van der Waals surface area contributed by atoms with Crippen LogP contribution in [0.25, 0.3) is 0 Å². The highest BCUT2D eigenvalue weighted by Crippen LogP contribution is 2.32. The Kier molecular flexibility index (Phi) is 2.46. The summed E-state index contributed by atoms with van der Waals surface area (Å²) >= 11 is 1.09. The van der Waals surface area contributed by atoms with E-state index in [0.717, 1.165) is 23.1 Å². The quantitative estimate of drug-likeness (QED) is 0.698. The van der Waals surface area contributed by atoms with Gasteiger partial charge in [0.1, 0.15) is 0 Å². The molecule has 0 radical (unpaired) electrons. The first kappa shape index (κ1) is 9.58. The molecule has 1 rings (SSSR count). The number of hydrogen-bond acceptors (Lipinski definition) is 2. The van der Waals surface area contributed by atoms with Gasteiger partial charge in [-0.15, -0.1) is 11.3 Å². The van der Waals surface area contributed by atoms with Crippen molar-refractivity contribution in [2.24, 2.45) is 0 Å². The Morgan fingerprint density at radius 1 is 1.50 bits per heavy atom.